The van der Waals surface area contributed by atoms with E-state index in [0.717, 1.165) is 6.42 Å². The van der Waals surface area contributed by atoms with Crippen LogP contribution in [0.2, 0.25) is 0 Å². The Morgan fingerprint density at radius 3 is 2.67 bits per heavy atom. The number of nitrogens with one attached hydrogen (secondary N) is 1. The van der Waals surface area contributed by atoms with E-state index in [0.29, 0.717) is 13.2 Å². The van der Waals surface area contributed by atoms with Crippen molar-refractivity contribution in [3.05, 3.63) is 0 Å². The van der Waals surface area contributed by atoms with Gasteiger partial charge in [-0.1, -0.05) is 6.92 Å². The second-order valence-corrected chi connectivity index (χ2v) is 4.06. The molecule has 1 aliphatic heterocycles. The second-order valence-electron chi connectivity index (χ2n) is 4.06. The van der Waals surface area contributed by atoms with Crippen LogP contribution in [-0.2, 0) is 9.53 Å². The van der Waals surface area contributed by atoms with Gasteiger partial charge in [0.15, 0.2) is 0 Å². The minimum atomic E-state index is -0.0101. The smallest absolute Gasteiger partial charge is 0.241 e. The molecule has 0 radical (unpaired) electrons. The van der Waals surface area contributed by atoms with Crippen molar-refractivity contribution in [1.82, 2.24) is 10.2 Å². The Bertz CT molecular complexity index is 221. The maximum Gasteiger partial charge on any atom is 0.241 e. The molecular weight excluding hydrogens is 192 g/mol. The Kier molecular flexibility index (Phi) is 4.54. The summed E-state index contributed by atoms with van der Waals surface area (Å²) in [7, 11) is 0. The first kappa shape index (κ1) is 12.5. The van der Waals surface area contributed by atoms with Gasteiger partial charge >= 0.3 is 0 Å². The molecule has 15 heavy (non-hydrogen) atoms. The van der Waals surface area contributed by atoms with E-state index in [9.17, 15) is 4.79 Å². The van der Waals surface area contributed by atoms with Crippen molar-refractivity contribution >= 4 is 5.91 Å². The summed E-state index contributed by atoms with van der Waals surface area (Å²) in [6.07, 6.45) is 0.971. The molecule has 0 aromatic rings. The van der Waals surface area contributed by atoms with Crippen molar-refractivity contribution in [3.8, 4) is 0 Å². The number of nitrogens with zero attached hydrogens (tertiary/aromatic N) is 1. The molecule has 0 aromatic carbocycles. The third-order valence-electron chi connectivity index (χ3n) is 2.86. The van der Waals surface area contributed by atoms with Gasteiger partial charge in [-0.15, -0.1) is 0 Å². The second kappa shape index (κ2) is 5.47. The number of rotatable bonds is 5. The number of amides is 1. The predicted molar refractivity (Wildman–Crippen MR) is 59.5 cm³/mol. The first-order valence-electron chi connectivity index (χ1n) is 5.77. The van der Waals surface area contributed by atoms with Crippen LogP contribution in [0.1, 0.15) is 34.1 Å². The molecule has 88 valence electrons. The van der Waals surface area contributed by atoms with Crippen molar-refractivity contribution < 1.29 is 9.53 Å². The maximum absolute atomic E-state index is 12.0. The van der Waals surface area contributed by atoms with Crippen LogP contribution < -0.4 is 5.32 Å². The van der Waals surface area contributed by atoms with Crippen LogP contribution in [0.3, 0.4) is 0 Å². The van der Waals surface area contributed by atoms with E-state index in [-0.39, 0.29) is 24.2 Å². The molecule has 1 fully saturated rings. The van der Waals surface area contributed by atoms with Crippen LogP contribution in [0.25, 0.3) is 0 Å². The van der Waals surface area contributed by atoms with Gasteiger partial charge < -0.3 is 9.64 Å². The molecule has 3 unspecified atom stereocenters. The number of hydrogen-bond acceptors (Lipinski definition) is 3. The number of carbonyl (C=O) groups is 1. The molecule has 0 aromatic heterocycles. The van der Waals surface area contributed by atoms with Crippen molar-refractivity contribution in [2.24, 2.45) is 0 Å². The fraction of sp³-hybridized carbons (Fsp3) is 0.909. The molecule has 3 atom stereocenters. The zero-order valence-corrected chi connectivity index (χ0v) is 10.1. The summed E-state index contributed by atoms with van der Waals surface area (Å²) >= 11 is 0. The normalized spacial score (nSPS) is 28.5. The SMILES string of the molecule is CCOCC(C)N1C(=O)C(CC)NC1C. The molecule has 4 nitrogen and oxygen atoms in total. The van der Waals surface area contributed by atoms with Gasteiger partial charge in [0.05, 0.1) is 24.9 Å². The van der Waals surface area contributed by atoms with Crippen molar-refractivity contribution in [3.63, 3.8) is 0 Å². The lowest BCUT2D eigenvalue weighted by Crippen LogP contribution is -2.43. The standard InChI is InChI=1S/C11H22N2O2/c1-5-10-11(14)13(9(4)12-10)8(3)7-15-6-2/h8-10,12H,5-7H2,1-4H3. The van der Waals surface area contributed by atoms with E-state index >= 15 is 0 Å². The molecule has 0 aliphatic carbocycles. The number of ether oxygens (including phenoxy) is 1. The average molecular weight is 214 g/mol. The van der Waals surface area contributed by atoms with Crippen molar-refractivity contribution in [2.45, 2.75) is 52.4 Å². The summed E-state index contributed by atoms with van der Waals surface area (Å²) in [4.78, 5) is 13.9. The summed E-state index contributed by atoms with van der Waals surface area (Å²) < 4.78 is 5.35. The summed E-state index contributed by atoms with van der Waals surface area (Å²) in [5.41, 5.74) is 0. The van der Waals surface area contributed by atoms with Gasteiger partial charge in [0.1, 0.15) is 0 Å². The lowest BCUT2D eigenvalue weighted by atomic mass is 10.2. The molecule has 1 rings (SSSR count). The van der Waals surface area contributed by atoms with E-state index in [1.54, 1.807) is 0 Å². The molecule has 1 heterocycles. The van der Waals surface area contributed by atoms with Crippen LogP contribution in [-0.4, -0.2) is 42.3 Å². The zero-order valence-electron chi connectivity index (χ0n) is 10.1. The van der Waals surface area contributed by atoms with Crippen LogP contribution in [0.15, 0.2) is 0 Å². The van der Waals surface area contributed by atoms with Gasteiger partial charge in [-0.3, -0.25) is 10.1 Å². The molecular formula is C11H22N2O2. The van der Waals surface area contributed by atoms with Crippen LogP contribution in [0.4, 0.5) is 0 Å². The quantitative estimate of drug-likeness (QED) is 0.741. The first-order chi connectivity index (χ1) is 7.11. The highest BCUT2D eigenvalue weighted by molar-refractivity contribution is 5.84. The van der Waals surface area contributed by atoms with E-state index < -0.39 is 0 Å². The number of carbonyl (C=O) groups excluding carboxylic acids is 1. The molecule has 1 aliphatic rings. The van der Waals surface area contributed by atoms with Gasteiger partial charge in [-0.2, -0.15) is 0 Å². The number of hydrogen-bond donors (Lipinski definition) is 1. The average Bonchev–Trinajstić information content (AvgIpc) is 2.50. The highest BCUT2D eigenvalue weighted by Gasteiger charge is 2.37. The van der Waals surface area contributed by atoms with Crippen molar-refractivity contribution in [2.75, 3.05) is 13.2 Å². The Morgan fingerprint density at radius 1 is 1.53 bits per heavy atom. The minimum Gasteiger partial charge on any atom is -0.380 e. The van der Waals surface area contributed by atoms with Gasteiger partial charge in [0.2, 0.25) is 5.91 Å². The molecule has 1 N–H and O–H groups in total. The first-order valence-corrected chi connectivity index (χ1v) is 5.77. The van der Waals surface area contributed by atoms with Gasteiger partial charge in [-0.25, -0.2) is 0 Å². The topological polar surface area (TPSA) is 41.6 Å². The molecule has 1 amide bonds. The van der Waals surface area contributed by atoms with Crippen LogP contribution in [0, 0.1) is 0 Å². The molecule has 0 spiro atoms. The molecule has 0 bridgehead atoms. The zero-order chi connectivity index (χ0) is 11.4. The van der Waals surface area contributed by atoms with Crippen LogP contribution >= 0.6 is 0 Å². The Morgan fingerprint density at radius 2 is 2.20 bits per heavy atom. The van der Waals surface area contributed by atoms with Crippen molar-refractivity contribution in [1.29, 1.82) is 0 Å². The van der Waals surface area contributed by atoms with E-state index in [2.05, 4.69) is 5.32 Å². The Hall–Kier alpha value is -0.610. The van der Waals surface area contributed by atoms with Gasteiger partial charge in [0, 0.05) is 6.61 Å². The molecule has 0 saturated carbocycles. The highest BCUT2D eigenvalue weighted by Crippen LogP contribution is 2.16. The third kappa shape index (κ3) is 2.69. The third-order valence-corrected chi connectivity index (χ3v) is 2.86. The largest absolute Gasteiger partial charge is 0.380 e. The lowest BCUT2D eigenvalue weighted by Gasteiger charge is -2.27. The van der Waals surface area contributed by atoms with E-state index in [1.807, 2.05) is 32.6 Å². The fourth-order valence-corrected chi connectivity index (χ4v) is 2.07. The Labute approximate surface area is 92.0 Å². The van der Waals surface area contributed by atoms with E-state index in [1.165, 1.54) is 0 Å². The van der Waals surface area contributed by atoms with E-state index in [4.69, 9.17) is 4.74 Å². The Balaban J connectivity index is 2.56. The lowest BCUT2D eigenvalue weighted by molar-refractivity contribution is -0.133. The predicted octanol–water partition coefficient (Wildman–Crippen LogP) is 0.968. The molecule has 1 saturated heterocycles. The summed E-state index contributed by atoms with van der Waals surface area (Å²) in [6, 6.07) is 0.139. The van der Waals surface area contributed by atoms with Crippen LogP contribution in [0.5, 0.6) is 0 Å². The summed E-state index contributed by atoms with van der Waals surface area (Å²) in [5, 5.41) is 3.28. The monoisotopic (exact) mass is 214 g/mol. The summed E-state index contributed by atoms with van der Waals surface area (Å²) in [6.45, 7) is 9.36. The molecule has 4 heteroatoms. The summed E-state index contributed by atoms with van der Waals surface area (Å²) in [5.74, 6) is 0.206. The maximum atomic E-state index is 12.0. The highest BCUT2D eigenvalue weighted by atomic mass is 16.5. The van der Waals surface area contributed by atoms with Gasteiger partial charge in [0.25, 0.3) is 0 Å². The minimum absolute atomic E-state index is 0.0101. The fourth-order valence-electron chi connectivity index (χ4n) is 2.07. The van der Waals surface area contributed by atoms with Gasteiger partial charge in [-0.05, 0) is 27.2 Å².